The Labute approximate surface area is 110 Å². The van der Waals surface area contributed by atoms with E-state index < -0.39 is 0 Å². The van der Waals surface area contributed by atoms with Crippen LogP contribution in [0.4, 0.5) is 0 Å². The van der Waals surface area contributed by atoms with E-state index in [-0.39, 0.29) is 12.4 Å². The minimum atomic E-state index is 0. The van der Waals surface area contributed by atoms with Gasteiger partial charge in [0.1, 0.15) is 0 Å². The fourth-order valence-corrected chi connectivity index (χ4v) is 1.39. The van der Waals surface area contributed by atoms with Crippen LogP contribution in [0, 0.1) is 0 Å². The molecule has 0 spiro atoms. The van der Waals surface area contributed by atoms with Crippen LogP contribution < -0.4 is 5.32 Å². The average Bonchev–Trinajstić information content (AvgIpc) is 2.34. The van der Waals surface area contributed by atoms with Gasteiger partial charge < -0.3 is 10.1 Å². The molecule has 0 aliphatic carbocycles. The highest BCUT2D eigenvalue weighted by molar-refractivity contribution is 5.85. The summed E-state index contributed by atoms with van der Waals surface area (Å²) in [5.41, 5.74) is 1.25. The molecule has 1 rings (SSSR count). The van der Waals surface area contributed by atoms with Gasteiger partial charge in [-0.3, -0.25) is 0 Å². The summed E-state index contributed by atoms with van der Waals surface area (Å²) in [4.78, 5) is 0. The Morgan fingerprint density at radius 2 is 2.00 bits per heavy atom. The fourth-order valence-electron chi connectivity index (χ4n) is 1.39. The number of benzene rings is 1. The molecular formula is C14H22ClNO. The van der Waals surface area contributed by atoms with Crippen LogP contribution >= 0.6 is 12.4 Å². The lowest BCUT2D eigenvalue weighted by atomic mass is 10.2. The van der Waals surface area contributed by atoms with Gasteiger partial charge in [-0.05, 0) is 25.5 Å². The highest BCUT2D eigenvalue weighted by atomic mass is 35.5. The molecule has 0 unspecified atom stereocenters. The van der Waals surface area contributed by atoms with Crippen molar-refractivity contribution in [2.45, 2.75) is 13.3 Å². The van der Waals surface area contributed by atoms with E-state index in [0.717, 1.165) is 32.7 Å². The topological polar surface area (TPSA) is 21.3 Å². The number of halogens is 1. The normalized spacial score (nSPS) is 10.4. The molecule has 0 saturated carbocycles. The van der Waals surface area contributed by atoms with Crippen LogP contribution in [0.5, 0.6) is 0 Å². The summed E-state index contributed by atoms with van der Waals surface area (Å²) in [5.74, 6) is 0. The number of hydrogen-bond donors (Lipinski definition) is 1. The van der Waals surface area contributed by atoms with Crippen molar-refractivity contribution in [3.8, 4) is 0 Å². The predicted molar refractivity (Wildman–Crippen MR) is 76.7 cm³/mol. The molecule has 0 aliphatic rings. The molecule has 0 saturated heterocycles. The fraction of sp³-hybridized carbons (Fsp3) is 0.429. The van der Waals surface area contributed by atoms with Gasteiger partial charge in [0, 0.05) is 19.8 Å². The minimum Gasteiger partial charge on any atom is -0.382 e. The Morgan fingerprint density at radius 3 is 2.71 bits per heavy atom. The van der Waals surface area contributed by atoms with Gasteiger partial charge >= 0.3 is 0 Å². The van der Waals surface area contributed by atoms with E-state index in [1.165, 1.54) is 5.56 Å². The summed E-state index contributed by atoms with van der Waals surface area (Å²) in [5, 5.41) is 3.35. The van der Waals surface area contributed by atoms with Crippen molar-refractivity contribution in [2.24, 2.45) is 0 Å². The average molecular weight is 256 g/mol. The van der Waals surface area contributed by atoms with Crippen LogP contribution in [0.15, 0.2) is 36.4 Å². The van der Waals surface area contributed by atoms with Crippen LogP contribution in [-0.2, 0) is 4.74 Å². The molecule has 0 heterocycles. The predicted octanol–water partition coefficient (Wildman–Crippen LogP) is 3.14. The molecule has 0 aromatic heterocycles. The lowest BCUT2D eigenvalue weighted by Gasteiger charge is -2.01. The van der Waals surface area contributed by atoms with Crippen LogP contribution in [-0.4, -0.2) is 26.3 Å². The second-order valence-corrected chi connectivity index (χ2v) is 3.57. The second-order valence-electron chi connectivity index (χ2n) is 3.57. The second kappa shape index (κ2) is 11.6. The summed E-state index contributed by atoms with van der Waals surface area (Å²) in [6.45, 7) is 5.62. The summed E-state index contributed by atoms with van der Waals surface area (Å²) in [6.07, 6.45) is 5.36. The largest absolute Gasteiger partial charge is 0.382 e. The SMILES string of the molecule is CCOCCCNC/C=C/c1ccccc1.Cl. The Balaban J connectivity index is 0.00000256. The first-order valence-corrected chi connectivity index (χ1v) is 5.93. The van der Waals surface area contributed by atoms with E-state index in [0.29, 0.717) is 0 Å². The van der Waals surface area contributed by atoms with Gasteiger partial charge in [-0.1, -0.05) is 42.5 Å². The van der Waals surface area contributed by atoms with Crippen molar-refractivity contribution in [1.82, 2.24) is 5.32 Å². The molecule has 1 aromatic carbocycles. The molecule has 0 amide bonds. The van der Waals surface area contributed by atoms with Gasteiger partial charge in [0.05, 0.1) is 0 Å². The van der Waals surface area contributed by atoms with E-state index in [4.69, 9.17) is 4.74 Å². The third-order valence-corrected chi connectivity index (χ3v) is 2.22. The number of rotatable bonds is 8. The Bertz CT molecular complexity index is 288. The first-order valence-electron chi connectivity index (χ1n) is 5.93. The number of hydrogen-bond acceptors (Lipinski definition) is 2. The highest BCUT2D eigenvalue weighted by Crippen LogP contribution is 1.99. The molecule has 0 bridgehead atoms. The monoisotopic (exact) mass is 255 g/mol. The van der Waals surface area contributed by atoms with Gasteiger partial charge in [0.2, 0.25) is 0 Å². The lowest BCUT2D eigenvalue weighted by molar-refractivity contribution is 0.145. The van der Waals surface area contributed by atoms with Crippen molar-refractivity contribution >= 4 is 18.5 Å². The third kappa shape index (κ3) is 8.93. The maximum absolute atomic E-state index is 5.25. The zero-order valence-electron chi connectivity index (χ0n) is 10.4. The first kappa shape index (κ1) is 16.2. The molecule has 0 atom stereocenters. The molecule has 0 fully saturated rings. The Morgan fingerprint density at radius 1 is 1.24 bits per heavy atom. The van der Waals surface area contributed by atoms with E-state index >= 15 is 0 Å². The van der Waals surface area contributed by atoms with E-state index in [9.17, 15) is 0 Å². The molecule has 2 nitrogen and oxygen atoms in total. The molecule has 0 aliphatic heterocycles. The molecule has 0 radical (unpaired) electrons. The molecule has 96 valence electrons. The lowest BCUT2D eigenvalue weighted by Crippen LogP contribution is -2.16. The number of ether oxygens (including phenoxy) is 1. The molecule has 1 N–H and O–H groups in total. The van der Waals surface area contributed by atoms with Gasteiger partial charge in [0.15, 0.2) is 0 Å². The van der Waals surface area contributed by atoms with Crippen molar-refractivity contribution in [3.63, 3.8) is 0 Å². The zero-order valence-corrected chi connectivity index (χ0v) is 11.2. The number of nitrogens with one attached hydrogen (secondary N) is 1. The van der Waals surface area contributed by atoms with Crippen LogP contribution in [0.1, 0.15) is 18.9 Å². The Kier molecular flexibility index (Phi) is 11.1. The van der Waals surface area contributed by atoms with Crippen molar-refractivity contribution in [2.75, 3.05) is 26.3 Å². The van der Waals surface area contributed by atoms with Crippen molar-refractivity contribution in [1.29, 1.82) is 0 Å². The van der Waals surface area contributed by atoms with Crippen molar-refractivity contribution in [3.05, 3.63) is 42.0 Å². The summed E-state index contributed by atoms with van der Waals surface area (Å²) in [7, 11) is 0. The maximum Gasteiger partial charge on any atom is 0.0477 e. The minimum absolute atomic E-state index is 0. The summed E-state index contributed by atoms with van der Waals surface area (Å²) in [6, 6.07) is 10.3. The first-order chi connectivity index (χ1) is 7.93. The van der Waals surface area contributed by atoms with Crippen LogP contribution in [0.2, 0.25) is 0 Å². The zero-order chi connectivity index (χ0) is 11.5. The molecular weight excluding hydrogens is 234 g/mol. The van der Waals surface area contributed by atoms with Gasteiger partial charge in [-0.15, -0.1) is 12.4 Å². The van der Waals surface area contributed by atoms with Gasteiger partial charge in [-0.25, -0.2) is 0 Å². The Hall–Kier alpha value is -0.830. The van der Waals surface area contributed by atoms with Crippen LogP contribution in [0.25, 0.3) is 6.08 Å². The van der Waals surface area contributed by atoms with E-state index in [1.54, 1.807) is 0 Å². The smallest absolute Gasteiger partial charge is 0.0477 e. The van der Waals surface area contributed by atoms with Crippen LogP contribution in [0.3, 0.4) is 0 Å². The quantitative estimate of drug-likeness (QED) is 0.721. The highest BCUT2D eigenvalue weighted by Gasteiger charge is 1.86. The molecule has 3 heteroatoms. The summed E-state index contributed by atoms with van der Waals surface area (Å²) < 4.78 is 5.25. The summed E-state index contributed by atoms with van der Waals surface area (Å²) >= 11 is 0. The molecule has 17 heavy (non-hydrogen) atoms. The molecule has 1 aromatic rings. The third-order valence-electron chi connectivity index (χ3n) is 2.22. The standard InChI is InChI=1S/C14H21NO.ClH/c1-2-16-13-7-12-15-11-6-10-14-8-4-3-5-9-14;/h3-6,8-10,15H,2,7,11-13H2,1H3;1H/b10-6+;. The van der Waals surface area contributed by atoms with E-state index in [1.807, 2.05) is 13.0 Å². The van der Waals surface area contributed by atoms with E-state index in [2.05, 4.69) is 41.7 Å². The van der Waals surface area contributed by atoms with Gasteiger partial charge in [-0.2, -0.15) is 0 Å². The maximum atomic E-state index is 5.25. The van der Waals surface area contributed by atoms with Gasteiger partial charge in [0.25, 0.3) is 0 Å². The van der Waals surface area contributed by atoms with Crippen molar-refractivity contribution < 1.29 is 4.74 Å².